The van der Waals surface area contributed by atoms with Gasteiger partial charge in [-0.15, -0.1) is 0 Å². The zero-order valence-corrected chi connectivity index (χ0v) is 18.2. The maximum atomic E-state index is 11.9. The monoisotopic (exact) mass is 472 g/mol. The molecule has 1 aromatic carbocycles. The van der Waals surface area contributed by atoms with Crippen LogP contribution in [0.1, 0.15) is 43.0 Å². The lowest BCUT2D eigenvalue weighted by Gasteiger charge is -2.36. The van der Waals surface area contributed by atoms with Crippen LogP contribution in [-0.2, 0) is 9.59 Å². The first-order valence-electron chi connectivity index (χ1n) is 10.3. The number of unbranched alkanes of at least 4 members (excludes halogenated alkanes) is 1. The standard InChI is InChI=1S/C19H26N4O3.C2HF3O2/c1-2-3-5-18(24)21-15-6-7-17(16(14-15)19(25)26)23-12-10-22(11-13-23)9-4-8-20;3-2(4,5)1(6)7/h6-7,14H,2-5,9-13H2,1H3,(H,21,24)(H,25,26);(H,6,7). The molecule has 182 valence electrons. The van der Waals surface area contributed by atoms with Gasteiger partial charge in [-0.25, -0.2) is 9.59 Å². The summed E-state index contributed by atoms with van der Waals surface area (Å²) in [6, 6.07) is 7.21. The first-order chi connectivity index (χ1) is 15.5. The van der Waals surface area contributed by atoms with Crippen LogP contribution in [0.15, 0.2) is 18.2 Å². The molecule has 1 aromatic rings. The number of carbonyl (C=O) groups excluding carboxylic acids is 1. The van der Waals surface area contributed by atoms with E-state index in [0.29, 0.717) is 37.3 Å². The molecule has 0 radical (unpaired) electrons. The highest BCUT2D eigenvalue weighted by Gasteiger charge is 2.38. The van der Waals surface area contributed by atoms with E-state index in [1.807, 2.05) is 6.92 Å². The molecular weight excluding hydrogens is 445 g/mol. The van der Waals surface area contributed by atoms with Crippen LogP contribution < -0.4 is 10.2 Å². The molecule has 3 N–H and O–H groups in total. The summed E-state index contributed by atoms with van der Waals surface area (Å²) < 4.78 is 31.7. The van der Waals surface area contributed by atoms with Crippen molar-refractivity contribution in [2.24, 2.45) is 0 Å². The number of hydrogen-bond acceptors (Lipinski definition) is 6. The number of nitriles is 1. The fraction of sp³-hybridized carbons (Fsp3) is 0.524. The lowest BCUT2D eigenvalue weighted by molar-refractivity contribution is -0.192. The van der Waals surface area contributed by atoms with Crippen LogP contribution in [0.5, 0.6) is 0 Å². The quantitative estimate of drug-likeness (QED) is 0.525. The Balaban J connectivity index is 0.000000675. The molecule has 1 heterocycles. The number of halogens is 3. The van der Waals surface area contributed by atoms with Gasteiger partial charge in [0.1, 0.15) is 0 Å². The maximum Gasteiger partial charge on any atom is 0.490 e. The third-order valence-electron chi connectivity index (χ3n) is 4.76. The summed E-state index contributed by atoms with van der Waals surface area (Å²) >= 11 is 0. The molecule has 0 aliphatic carbocycles. The minimum atomic E-state index is -5.08. The molecule has 2 rings (SSSR count). The van der Waals surface area contributed by atoms with E-state index in [-0.39, 0.29) is 11.5 Å². The number of rotatable bonds is 8. The van der Waals surface area contributed by atoms with E-state index in [2.05, 4.69) is 21.2 Å². The van der Waals surface area contributed by atoms with Crippen molar-refractivity contribution in [2.75, 3.05) is 42.9 Å². The van der Waals surface area contributed by atoms with E-state index < -0.39 is 18.1 Å². The van der Waals surface area contributed by atoms with E-state index in [1.165, 1.54) is 6.07 Å². The Bertz CT molecular complexity index is 862. The topological polar surface area (TPSA) is 134 Å². The molecule has 1 saturated heterocycles. The van der Waals surface area contributed by atoms with E-state index in [0.717, 1.165) is 32.5 Å². The number of alkyl halides is 3. The van der Waals surface area contributed by atoms with Crippen molar-refractivity contribution in [3.8, 4) is 6.07 Å². The lowest BCUT2D eigenvalue weighted by Crippen LogP contribution is -2.47. The number of nitrogens with one attached hydrogen (secondary N) is 1. The van der Waals surface area contributed by atoms with Gasteiger partial charge in [0.2, 0.25) is 5.91 Å². The van der Waals surface area contributed by atoms with Gasteiger partial charge in [-0.2, -0.15) is 18.4 Å². The molecule has 1 fully saturated rings. The number of anilines is 2. The molecular formula is C21H27F3N4O5. The summed E-state index contributed by atoms with van der Waals surface area (Å²) in [5.74, 6) is -3.86. The molecule has 12 heteroatoms. The fourth-order valence-corrected chi connectivity index (χ4v) is 3.04. The van der Waals surface area contributed by atoms with Crippen LogP contribution in [0.3, 0.4) is 0 Å². The fourth-order valence-electron chi connectivity index (χ4n) is 3.04. The molecule has 1 aliphatic rings. The number of piperazine rings is 1. The molecule has 1 amide bonds. The average molecular weight is 472 g/mol. The molecule has 0 bridgehead atoms. The van der Waals surface area contributed by atoms with Crippen LogP contribution in [0, 0.1) is 11.3 Å². The van der Waals surface area contributed by atoms with Gasteiger partial charge in [0.05, 0.1) is 17.3 Å². The second-order valence-electron chi connectivity index (χ2n) is 7.23. The number of carbonyl (C=O) groups is 3. The number of aliphatic carboxylic acids is 1. The van der Waals surface area contributed by atoms with Crippen molar-refractivity contribution in [3.63, 3.8) is 0 Å². The van der Waals surface area contributed by atoms with E-state index in [1.54, 1.807) is 12.1 Å². The van der Waals surface area contributed by atoms with Crippen molar-refractivity contribution < 1.29 is 37.8 Å². The summed E-state index contributed by atoms with van der Waals surface area (Å²) in [4.78, 5) is 36.7. The minimum absolute atomic E-state index is 0.0953. The predicted molar refractivity (Wildman–Crippen MR) is 114 cm³/mol. The summed E-state index contributed by atoms with van der Waals surface area (Å²) in [5, 5.41) is 28.2. The van der Waals surface area contributed by atoms with Gasteiger partial charge in [-0.1, -0.05) is 13.3 Å². The van der Waals surface area contributed by atoms with Crippen molar-refractivity contribution in [1.29, 1.82) is 5.26 Å². The molecule has 1 aliphatic heterocycles. The van der Waals surface area contributed by atoms with E-state index >= 15 is 0 Å². The number of carboxylic acid groups (broad SMARTS) is 2. The van der Waals surface area contributed by atoms with E-state index in [9.17, 15) is 27.9 Å². The Labute approximate surface area is 189 Å². The Morgan fingerprint density at radius 1 is 1.15 bits per heavy atom. The Kier molecular flexibility index (Phi) is 11.1. The maximum absolute atomic E-state index is 11.9. The second kappa shape index (κ2) is 13.3. The van der Waals surface area contributed by atoms with Crippen LogP contribution in [0.25, 0.3) is 0 Å². The largest absolute Gasteiger partial charge is 0.490 e. The number of amides is 1. The Hall–Kier alpha value is -3.33. The van der Waals surface area contributed by atoms with Gasteiger partial charge in [-0.3, -0.25) is 9.69 Å². The Morgan fingerprint density at radius 3 is 2.24 bits per heavy atom. The molecule has 0 aromatic heterocycles. The summed E-state index contributed by atoms with van der Waals surface area (Å²) in [7, 11) is 0. The molecule has 0 atom stereocenters. The van der Waals surface area contributed by atoms with Crippen molar-refractivity contribution in [1.82, 2.24) is 4.90 Å². The number of nitrogens with zero attached hydrogens (tertiary/aromatic N) is 3. The van der Waals surface area contributed by atoms with Crippen LogP contribution >= 0.6 is 0 Å². The van der Waals surface area contributed by atoms with Crippen molar-refractivity contribution in [2.45, 2.75) is 38.8 Å². The predicted octanol–water partition coefficient (Wildman–Crippen LogP) is 3.18. The summed E-state index contributed by atoms with van der Waals surface area (Å²) in [5.41, 5.74) is 1.38. The highest BCUT2D eigenvalue weighted by Crippen LogP contribution is 2.26. The molecule has 0 unspecified atom stereocenters. The van der Waals surface area contributed by atoms with Crippen LogP contribution in [0.2, 0.25) is 0 Å². The molecule has 0 saturated carbocycles. The van der Waals surface area contributed by atoms with Gasteiger partial charge >= 0.3 is 18.1 Å². The number of aromatic carboxylic acids is 1. The van der Waals surface area contributed by atoms with Gasteiger partial charge in [0.25, 0.3) is 0 Å². The van der Waals surface area contributed by atoms with Crippen molar-refractivity contribution in [3.05, 3.63) is 23.8 Å². The third-order valence-corrected chi connectivity index (χ3v) is 4.76. The van der Waals surface area contributed by atoms with Crippen LogP contribution in [0.4, 0.5) is 24.5 Å². The molecule has 9 nitrogen and oxygen atoms in total. The van der Waals surface area contributed by atoms with Crippen molar-refractivity contribution >= 4 is 29.2 Å². The summed E-state index contributed by atoms with van der Waals surface area (Å²) in [6.45, 7) is 5.80. The van der Waals surface area contributed by atoms with Gasteiger partial charge in [0.15, 0.2) is 0 Å². The number of benzene rings is 1. The Morgan fingerprint density at radius 2 is 1.76 bits per heavy atom. The SMILES string of the molecule is CCCCC(=O)Nc1ccc(N2CCN(CCC#N)CC2)c(C(=O)O)c1.O=C(O)C(F)(F)F. The van der Waals surface area contributed by atoms with Gasteiger partial charge in [0, 0.05) is 51.3 Å². The first-order valence-corrected chi connectivity index (χ1v) is 10.3. The zero-order valence-electron chi connectivity index (χ0n) is 18.2. The van der Waals surface area contributed by atoms with Gasteiger partial charge < -0.3 is 20.4 Å². The normalized spacial score (nSPS) is 14.0. The third kappa shape index (κ3) is 9.78. The van der Waals surface area contributed by atoms with Gasteiger partial charge in [-0.05, 0) is 24.6 Å². The minimum Gasteiger partial charge on any atom is -0.478 e. The highest BCUT2D eigenvalue weighted by atomic mass is 19.4. The first kappa shape index (κ1) is 27.7. The lowest BCUT2D eigenvalue weighted by atomic mass is 10.1. The van der Waals surface area contributed by atoms with Crippen LogP contribution in [-0.4, -0.2) is 71.9 Å². The average Bonchev–Trinajstić information content (AvgIpc) is 2.76. The second-order valence-corrected chi connectivity index (χ2v) is 7.23. The molecule has 33 heavy (non-hydrogen) atoms. The highest BCUT2D eigenvalue weighted by molar-refractivity contribution is 5.98. The number of carboxylic acids is 2. The van der Waals surface area contributed by atoms with E-state index in [4.69, 9.17) is 15.2 Å². The smallest absolute Gasteiger partial charge is 0.478 e. The summed E-state index contributed by atoms with van der Waals surface area (Å²) in [6.07, 6.45) is -2.39. The zero-order chi connectivity index (χ0) is 25.0. The number of hydrogen-bond donors (Lipinski definition) is 3. The molecule has 0 spiro atoms.